The molecule has 0 radical (unpaired) electrons. The first-order valence-corrected chi connectivity index (χ1v) is 10.8. The minimum absolute atomic E-state index is 0. The van der Waals surface area contributed by atoms with E-state index in [0.717, 1.165) is 51.5 Å². The van der Waals surface area contributed by atoms with Gasteiger partial charge in [0.15, 0.2) is 5.96 Å². The quantitative estimate of drug-likeness (QED) is 0.314. The molecule has 2 rings (SSSR count). The van der Waals surface area contributed by atoms with Gasteiger partial charge in [-0.05, 0) is 58.5 Å². The Morgan fingerprint density at radius 1 is 1.14 bits per heavy atom. The third kappa shape index (κ3) is 9.15. The van der Waals surface area contributed by atoms with E-state index in [0.29, 0.717) is 18.6 Å². The summed E-state index contributed by atoms with van der Waals surface area (Å²) in [6.45, 7) is 13.5. The summed E-state index contributed by atoms with van der Waals surface area (Å²) in [4.78, 5) is 21.0. The Morgan fingerprint density at radius 3 is 2.43 bits per heavy atom. The number of hydrogen-bond donors (Lipinski definition) is 2. The van der Waals surface area contributed by atoms with Crippen LogP contribution >= 0.6 is 24.0 Å². The monoisotopic (exact) mass is 509 g/mol. The zero-order valence-electron chi connectivity index (χ0n) is 17.9. The van der Waals surface area contributed by atoms with Gasteiger partial charge in [0.05, 0.1) is 6.61 Å². The third-order valence-corrected chi connectivity index (χ3v) is 5.29. The minimum atomic E-state index is -0.192. The molecule has 0 aliphatic carbocycles. The minimum Gasteiger partial charge on any atom is -0.450 e. The summed E-state index contributed by atoms with van der Waals surface area (Å²) < 4.78 is 5.09. The summed E-state index contributed by atoms with van der Waals surface area (Å²) in [6, 6.07) is 0.353. The number of piperidine rings is 2. The molecule has 2 fully saturated rings. The van der Waals surface area contributed by atoms with E-state index in [4.69, 9.17) is 9.73 Å². The van der Waals surface area contributed by atoms with Crippen LogP contribution in [0, 0.1) is 5.92 Å². The molecule has 164 valence electrons. The smallest absolute Gasteiger partial charge is 0.409 e. The molecule has 1 atom stereocenters. The normalized spacial score (nSPS) is 20.2. The molecular formula is C20H40IN5O2. The summed E-state index contributed by atoms with van der Waals surface area (Å²) in [7, 11) is 0. The Balaban J connectivity index is 0.00000392. The maximum atomic E-state index is 11.8. The van der Waals surface area contributed by atoms with Crippen molar-refractivity contribution in [2.45, 2.75) is 58.9 Å². The van der Waals surface area contributed by atoms with E-state index in [9.17, 15) is 4.79 Å². The number of guanidine groups is 1. The van der Waals surface area contributed by atoms with Crippen molar-refractivity contribution in [1.29, 1.82) is 0 Å². The van der Waals surface area contributed by atoms with E-state index < -0.39 is 0 Å². The van der Waals surface area contributed by atoms with Gasteiger partial charge in [0.1, 0.15) is 0 Å². The second-order valence-corrected chi connectivity index (χ2v) is 7.79. The van der Waals surface area contributed by atoms with Crippen LogP contribution in [-0.4, -0.2) is 80.3 Å². The maximum Gasteiger partial charge on any atom is 0.409 e. The molecule has 0 bridgehead atoms. The Morgan fingerprint density at radius 2 is 1.82 bits per heavy atom. The second kappa shape index (κ2) is 14.3. The van der Waals surface area contributed by atoms with Gasteiger partial charge in [0.25, 0.3) is 0 Å². The lowest BCUT2D eigenvalue weighted by Gasteiger charge is -2.32. The largest absolute Gasteiger partial charge is 0.450 e. The van der Waals surface area contributed by atoms with Gasteiger partial charge in [0.2, 0.25) is 0 Å². The van der Waals surface area contributed by atoms with E-state index in [-0.39, 0.29) is 30.1 Å². The molecule has 0 spiro atoms. The SMILES string of the molecule is CCNC(=NCC(C)CN1CCCCC1)NC1CCN(C(=O)OCC)CC1.I. The van der Waals surface area contributed by atoms with Crippen molar-refractivity contribution in [2.24, 2.45) is 10.9 Å². The number of rotatable bonds is 7. The highest BCUT2D eigenvalue weighted by Crippen LogP contribution is 2.12. The van der Waals surface area contributed by atoms with Crippen LogP contribution in [0.15, 0.2) is 4.99 Å². The van der Waals surface area contributed by atoms with Crippen LogP contribution in [0.2, 0.25) is 0 Å². The van der Waals surface area contributed by atoms with Crippen molar-refractivity contribution >= 4 is 36.0 Å². The van der Waals surface area contributed by atoms with E-state index in [1.54, 1.807) is 4.90 Å². The van der Waals surface area contributed by atoms with Crippen molar-refractivity contribution in [2.75, 3.05) is 52.4 Å². The molecule has 0 aromatic carbocycles. The zero-order chi connectivity index (χ0) is 19.5. The number of nitrogens with zero attached hydrogens (tertiary/aromatic N) is 3. The van der Waals surface area contributed by atoms with Gasteiger partial charge < -0.3 is 25.2 Å². The van der Waals surface area contributed by atoms with Crippen LogP contribution < -0.4 is 10.6 Å². The van der Waals surface area contributed by atoms with Gasteiger partial charge in [0, 0.05) is 38.8 Å². The summed E-state index contributed by atoms with van der Waals surface area (Å²) >= 11 is 0. The van der Waals surface area contributed by atoms with Crippen molar-refractivity contribution < 1.29 is 9.53 Å². The van der Waals surface area contributed by atoms with Crippen LogP contribution in [0.4, 0.5) is 4.79 Å². The summed E-state index contributed by atoms with van der Waals surface area (Å²) in [6.07, 6.45) is 5.71. The molecule has 2 N–H and O–H groups in total. The van der Waals surface area contributed by atoms with Crippen molar-refractivity contribution in [3.8, 4) is 0 Å². The van der Waals surface area contributed by atoms with E-state index in [1.807, 2.05) is 6.92 Å². The zero-order valence-corrected chi connectivity index (χ0v) is 20.2. The van der Waals surface area contributed by atoms with Crippen molar-refractivity contribution in [1.82, 2.24) is 20.4 Å². The van der Waals surface area contributed by atoms with Crippen LogP contribution in [0.3, 0.4) is 0 Å². The number of likely N-dealkylation sites (tertiary alicyclic amines) is 2. The number of halogens is 1. The highest BCUT2D eigenvalue weighted by atomic mass is 127. The van der Waals surface area contributed by atoms with Crippen LogP contribution in [0.5, 0.6) is 0 Å². The summed E-state index contributed by atoms with van der Waals surface area (Å²) in [5.74, 6) is 1.46. The summed E-state index contributed by atoms with van der Waals surface area (Å²) in [5.41, 5.74) is 0. The van der Waals surface area contributed by atoms with Gasteiger partial charge in [-0.2, -0.15) is 0 Å². The van der Waals surface area contributed by atoms with Gasteiger partial charge >= 0.3 is 6.09 Å². The lowest BCUT2D eigenvalue weighted by molar-refractivity contribution is 0.0963. The second-order valence-electron chi connectivity index (χ2n) is 7.79. The Bertz CT molecular complexity index is 464. The fourth-order valence-electron chi connectivity index (χ4n) is 3.82. The fourth-order valence-corrected chi connectivity index (χ4v) is 3.82. The molecule has 2 heterocycles. The molecule has 0 saturated carbocycles. The first kappa shape index (κ1) is 25.3. The number of ether oxygens (including phenoxy) is 1. The number of nitrogens with one attached hydrogen (secondary N) is 2. The van der Waals surface area contributed by atoms with Gasteiger partial charge in [-0.3, -0.25) is 4.99 Å². The molecule has 1 amide bonds. The molecule has 8 heteroatoms. The molecule has 2 aliphatic heterocycles. The third-order valence-electron chi connectivity index (χ3n) is 5.29. The van der Waals surface area contributed by atoms with Crippen LogP contribution in [0.25, 0.3) is 0 Å². The van der Waals surface area contributed by atoms with Gasteiger partial charge in [-0.25, -0.2) is 4.79 Å². The average molecular weight is 509 g/mol. The molecule has 7 nitrogen and oxygen atoms in total. The number of carbonyl (C=O) groups is 1. The van der Waals surface area contributed by atoms with Crippen molar-refractivity contribution in [3.63, 3.8) is 0 Å². The predicted octanol–water partition coefficient (Wildman–Crippen LogP) is 2.90. The van der Waals surface area contributed by atoms with Gasteiger partial charge in [-0.15, -0.1) is 24.0 Å². The van der Waals surface area contributed by atoms with E-state index >= 15 is 0 Å². The number of amides is 1. The van der Waals surface area contributed by atoms with Gasteiger partial charge in [-0.1, -0.05) is 13.3 Å². The number of aliphatic imine (C=N–C) groups is 1. The molecule has 2 aliphatic rings. The highest BCUT2D eigenvalue weighted by molar-refractivity contribution is 14.0. The Kier molecular flexibility index (Phi) is 12.9. The molecular weight excluding hydrogens is 469 g/mol. The molecule has 2 saturated heterocycles. The molecule has 1 unspecified atom stereocenters. The van der Waals surface area contributed by atoms with E-state index in [1.165, 1.54) is 32.4 Å². The molecule has 28 heavy (non-hydrogen) atoms. The maximum absolute atomic E-state index is 11.8. The predicted molar refractivity (Wildman–Crippen MR) is 126 cm³/mol. The van der Waals surface area contributed by atoms with Crippen molar-refractivity contribution in [3.05, 3.63) is 0 Å². The number of hydrogen-bond acceptors (Lipinski definition) is 4. The lowest BCUT2D eigenvalue weighted by Crippen LogP contribution is -2.50. The topological polar surface area (TPSA) is 69.2 Å². The fraction of sp³-hybridized carbons (Fsp3) is 0.900. The van der Waals surface area contributed by atoms with E-state index in [2.05, 4.69) is 29.4 Å². The molecule has 0 aromatic rings. The molecule has 0 aromatic heterocycles. The standard InChI is InChI=1S/C20H39N5O2.HI/c1-4-21-19(22-15-17(3)16-24-11-7-6-8-12-24)23-18-9-13-25(14-10-18)20(26)27-5-2;/h17-18H,4-16H2,1-3H3,(H2,21,22,23);1H. The lowest BCUT2D eigenvalue weighted by atomic mass is 10.1. The first-order valence-electron chi connectivity index (χ1n) is 10.8. The highest BCUT2D eigenvalue weighted by Gasteiger charge is 2.24. The number of carbonyl (C=O) groups excluding carboxylic acids is 1. The summed E-state index contributed by atoms with van der Waals surface area (Å²) in [5, 5.41) is 6.92. The Hall–Kier alpha value is -0.770. The average Bonchev–Trinajstić information content (AvgIpc) is 2.68. The van der Waals surface area contributed by atoms with Crippen LogP contribution in [-0.2, 0) is 4.74 Å². The first-order chi connectivity index (χ1) is 13.1. The Labute approximate surface area is 188 Å². The van der Waals surface area contributed by atoms with Crippen LogP contribution in [0.1, 0.15) is 52.9 Å².